The van der Waals surface area contributed by atoms with Crippen LogP contribution in [0.4, 0.5) is 4.39 Å². The standard InChI is InChI=1S/C20H22FN5O/c1-2-15-9-18(6-7-19(15)16-10-22-23-11-16)26-20(27)25(13-24-26)12-14-4-3-5-17(21)8-14/h3-9,13,16,22-23H,2,10-12H2,1H3. The molecule has 3 aromatic rings. The second-order valence-electron chi connectivity index (χ2n) is 6.78. The number of aryl methyl sites for hydroxylation is 1. The number of hydrogen-bond acceptors (Lipinski definition) is 4. The van der Waals surface area contributed by atoms with Gasteiger partial charge in [0.1, 0.15) is 12.1 Å². The van der Waals surface area contributed by atoms with Gasteiger partial charge in [0.05, 0.1) is 12.2 Å². The van der Waals surface area contributed by atoms with Crippen LogP contribution in [-0.4, -0.2) is 27.4 Å². The summed E-state index contributed by atoms with van der Waals surface area (Å²) in [6, 6.07) is 12.3. The van der Waals surface area contributed by atoms with Crippen molar-refractivity contribution in [3.05, 3.63) is 81.8 Å². The number of benzene rings is 2. The largest absolute Gasteiger partial charge is 0.350 e. The zero-order valence-corrected chi connectivity index (χ0v) is 15.2. The highest BCUT2D eigenvalue weighted by molar-refractivity contribution is 5.42. The van der Waals surface area contributed by atoms with Crippen LogP contribution in [0, 0.1) is 5.82 Å². The lowest BCUT2D eigenvalue weighted by molar-refractivity contribution is 0.622. The van der Waals surface area contributed by atoms with Crippen LogP contribution in [0.3, 0.4) is 0 Å². The molecule has 0 saturated carbocycles. The molecule has 2 aromatic carbocycles. The van der Waals surface area contributed by atoms with Crippen molar-refractivity contribution in [3.8, 4) is 5.69 Å². The van der Waals surface area contributed by atoms with E-state index in [1.807, 2.05) is 12.1 Å². The third kappa shape index (κ3) is 3.56. The summed E-state index contributed by atoms with van der Waals surface area (Å²) in [4.78, 5) is 12.7. The molecule has 1 saturated heterocycles. The Morgan fingerprint density at radius 1 is 1.19 bits per heavy atom. The summed E-state index contributed by atoms with van der Waals surface area (Å²) in [6.07, 6.45) is 2.38. The first-order chi connectivity index (χ1) is 13.2. The van der Waals surface area contributed by atoms with E-state index >= 15 is 0 Å². The van der Waals surface area contributed by atoms with Crippen LogP contribution < -0.4 is 16.5 Å². The summed E-state index contributed by atoms with van der Waals surface area (Å²) in [7, 11) is 0. The number of nitrogens with one attached hydrogen (secondary N) is 2. The first-order valence-electron chi connectivity index (χ1n) is 9.13. The zero-order valence-electron chi connectivity index (χ0n) is 15.2. The molecule has 1 fully saturated rings. The molecule has 0 spiro atoms. The smallest absolute Gasteiger partial charge is 0.277 e. The number of halogens is 1. The van der Waals surface area contributed by atoms with Crippen molar-refractivity contribution < 1.29 is 4.39 Å². The van der Waals surface area contributed by atoms with E-state index in [0.29, 0.717) is 5.92 Å². The van der Waals surface area contributed by atoms with Gasteiger partial charge >= 0.3 is 5.69 Å². The Hall–Kier alpha value is -2.77. The molecule has 0 radical (unpaired) electrons. The topological polar surface area (TPSA) is 63.9 Å². The van der Waals surface area contributed by atoms with Gasteiger partial charge in [0.2, 0.25) is 0 Å². The average molecular weight is 367 g/mol. The predicted molar refractivity (Wildman–Crippen MR) is 101 cm³/mol. The molecule has 0 amide bonds. The van der Waals surface area contributed by atoms with E-state index in [1.165, 1.54) is 38.8 Å². The first kappa shape index (κ1) is 17.6. The summed E-state index contributed by atoms with van der Waals surface area (Å²) in [5, 5.41) is 4.26. The molecule has 6 nitrogen and oxygen atoms in total. The Morgan fingerprint density at radius 3 is 2.74 bits per heavy atom. The molecule has 1 aliphatic heterocycles. The van der Waals surface area contributed by atoms with Crippen LogP contribution in [0.15, 0.2) is 53.6 Å². The van der Waals surface area contributed by atoms with Gasteiger partial charge < -0.3 is 0 Å². The lowest BCUT2D eigenvalue weighted by Crippen LogP contribution is -2.24. The third-order valence-corrected chi connectivity index (χ3v) is 4.99. The van der Waals surface area contributed by atoms with E-state index in [4.69, 9.17) is 0 Å². The van der Waals surface area contributed by atoms with Crippen LogP contribution in [-0.2, 0) is 13.0 Å². The van der Waals surface area contributed by atoms with Crippen molar-refractivity contribution in [3.63, 3.8) is 0 Å². The maximum absolute atomic E-state index is 13.4. The van der Waals surface area contributed by atoms with Gasteiger partial charge in [-0.15, -0.1) is 0 Å². The Labute approximate surface area is 156 Å². The molecule has 0 bridgehead atoms. The van der Waals surface area contributed by atoms with Crippen molar-refractivity contribution in [2.45, 2.75) is 25.8 Å². The summed E-state index contributed by atoms with van der Waals surface area (Å²) in [5.41, 5.74) is 10.1. The van der Waals surface area contributed by atoms with Gasteiger partial charge in [0, 0.05) is 19.0 Å². The molecule has 27 heavy (non-hydrogen) atoms. The summed E-state index contributed by atoms with van der Waals surface area (Å²) in [5.74, 6) is 0.114. The molecule has 0 atom stereocenters. The first-order valence-corrected chi connectivity index (χ1v) is 9.13. The Kier molecular flexibility index (Phi) is 4.87. The van der Waals surface area contributed by atoms with Gasteiger partial charge in [-0.2, -0.15) is 9.78 Å². The highest BCUT2D eigenvalue weighted by Crippen LogP contribution is 2.24. The molecule has 1 aliphatic rings. The number of rotatable bonds is 5. The molecule has 2 N–H and O–H groups in total. The Bertz CT molecular complexity index is 1000. The van der Waals surface area contributed by atoms with Gasteiger partial charge in [0.15, 0.2) is 0 Å². The molecule has 4 rings (SSSR count). The lowest BCUT2D eigenvalue weighted by Gasteiger charge is -2.14. The number of hydrogen-bond donors (Lipinski definition) is 2. The van der Waals surface area contributed by atoms with Gasteiger partial charge in [-0.1, -0.05) is 25.1 Å². The highest BCUT2D eigenvalue weighted by Gasteiger charge is 2.19. The van der Waals surface area contributed by atoms with Crippen LogP contribution in [0.1, 0.15) is 29.5 Å². The maximum atomic E-state index is 13.4. The molecular weight excluding hydrogens is 345 g/mol. The van der Waals surface area contributed by atoms with Crippen molar-refractivity contribution in [1.29, 1.82) is 0 Å². The fourth-order valence-corrected chi connectivity index (χ4v) is 3.56. The van der Waals surface area contributed by atoms with E-state index in [1.54, 1.807) is 12.1 Å². The molecular formula is C20H22FN5O. The Morgan fingerprint density at radius 2 is 2.00 bits per heavy atom. The van der Waals surface area contributed by atoms with Crippen LogP contribution in [0.2, 0.25) is 0 Å². The van der Waals surface area contributed by atoms with Gasteiger partial charge in [-0.25, -0.2) is 9.18 Å². The van der Waals surface area contributed by atoms with E-state index in [9.17, 15) is 9.18 Å². The van der Waals surface area contributed by atoms with Crippen molar-refractivity contribution in [2.75, 3.05) is 13.1 Å². The minimum Gasteiger partial charge on any atom is -0.277 e. The quantitative estimate of drug-likeness (QED) is 0.724. The van der Waals surface area contributed by atoms with Crippen LogP contribution in [0.5, 0.6) is 0 Å². The minimum atomic E-state index is -0.313. The summed E-state index contributed by atoms with van der Waals surface area (Å²) >= 11 is 0. The van der Waals surface area contributed by atoms with E-state index in [2.05, 4.69) is 28.9 Å². The van der Waals surface area contributed by atoms with E-state index < -0.39 is 0 Å². The fraction of sp³-hybridized carbons (Fsp3) is 0.300. The van der Waals surface area contributed by atoms with Gasteiger partial charge in [0.25, 0.3) is 0 Å². The SMILES string of the molecule is CCc1cc(-n2ncn(Cc3cccc(F)c3)c2=O)ccc1C1CNNC1. The molecule has 1 aromatic heterocycles. The van der Waals surface area contributed by atoms with Gasteiger partial charge in [-0.05, 0) is 47.4 Å². The Balaban J connectivity index is 1.64. The fourth-order valence-electron chi connectivity index (χ4n) is 3.56. The molecule has 140 valence electrons. The zero-order chi connectivity index (χ0) is 18.8. The molecule has 2 heterocycles. The predicted octanol–water partition coefficient (Wildman–Crippen LogP) is 1.98. The summed E-state index contributed by atoms with van der Waals surface area (Å²) in [6.45, 7) is 4.20. The van der Waals surface area contributed by atoms with Crippen molar-refractivity contribution >= 4 is 0 Å². The third-order valence-electron chi connectivity index (χ3n) is 4.99. The number of nitrogens with zero attached hydrogens (tertiary/aromatic N) is 3. The summed E-state index contributed by atoms with van der Waals surface area (Å²) < 4.78 is 16.3. The molecule has 7 heteroatoms. The minimum absolute atomic E-state index is 0.238. The van der Waals surface area contributed by atoms with Crippen molar-refractivity contribution in [1.82, 2.24) is 25.2 Å². The van der Waals surface area contributed by atoms with E-state index in [0.717, 1.165) is 30.8 Å². The molecule has 0 aliphatic carbocycles. The lowest BCUT2D eigenvalue weighted by atomic mass is 9.93. The van der Waals surface area contributed by atoms with Crippen molar-refractivity contribution in [2.24, 2.45) is 0 Å². The maximum Gasteiger partial charge on any atom is 0.350 e. The van der Waals surface area contributed by atoms with Gasteiger partial charge in [-0.3, -0.25) is 15.4 Å². The van der Waals surface area contributed by atoms with E-state index in [-0.39, 0.29) is 18.1 Å². The second kappa shape index (κ2) is 7.46. The number of hydrazine groups is 1. The highest BCUT2D eigenvalue weighted by atomic mass is 19.1. The monoisotopic (exact) mass is 367 g/mol. The van der Waals surface area contributed by atoms with Crippen LogP contribution in [0.25, 0.3) is 5.69 Å². The molecule has 0 unspecified atom stereocenters. The van der Waals surface area contributed by atoms with Crippen LogP contribution >= 0.6 is 0 Å². The normalized spacial score (nSPS) is 14.7. The average Bonchev–Trinajstić information content (AvgIpc) is 3.32. The second-order valence-corrected chi connectivity index (χ2v) is 6.78. The number of aromatic nitrogens is 3.